The van der Waals surface area contributed by atoms with E-state index in [4.69, 9.17) is 4.74 Å². The molecule has 0 heterocycles. The van der Waals surface area contributed by atoms with Crippen molar-refractivity contribution >= 4 is 0 Å². The van der Waals surface area contributed by atoms with Crippen LogP contribution in [0.2, 0.25) is 0 Å². The SMILES string of the molecule is CCCCCC1CCC(C2CCC(c3ccc(C4CCC(OC(F)(F)c5cc(F)c(OC(F)F)c(F)c5)CC4)c(F)c3)CC2)CC1. The molecule has 2 aromatic rings. The molecule has 0 atom stereocenters. The smallest absolute Gasteiger partial charge is 0.387 e. The number of rotatable bonds is 12. The number of ether oxygens (including phenoxy) is 2. The highest BCUT2D eigenvalue weighted by Gasteiger charge is 2.40. The summed E-state index contributed by atoms with van der Waals surface area (Å²) in [6.45, 7) is -1.25. The maximum atomic E-state index is 15.4. The Labute approximate surface area is 268 Å². The maximum Gasteiger partial charge on any atom is 0.387 e. The van der Waals surface area contributed by atoms with Gasteiger partial charge in [0, 0.05) is 0 Å². The van der Waals surface area contributed by atoms with Crippen molar-refractivity contribution in [1.82, 2.24) is 0 Å². The van der Waals surface area contributed by atoms with E-state index in [2.05, 4.69) is 11.7 Å². The first-order chi connectivity index (χ1) is 22.0. The Kier molecular flexibility index (Phi) is 12.0. The molecule has 3 aliphatic rings. The molecule has 0 radical (unpaired) electrons. The Bertz CT molecular complexity index is 1240. The van der Waals surface area contributed by atoms with Crippen LogP contribution in [0, 0.1) is 35.2 Å². The van der Waals surface area contributed by atoms with Crippen LogP contribution in [0.1, 0.15) is 138 Å². The van der Waals surface area contributed by atoms with Crippen molar-refractivity contribution in [3.8, 4) is 5.75 Å². The first kappa shape index (κ1) is 35.0. The quantitative estimate of drug-likeness (QED) is 0.167. The van der Waals surface area contributed by atoms with Crippen molar-refractivity contribution in [3.05, 3.63) is 64.5 Å². The number of halogens is 7. The molecule has 46 heavy (non-hydrogen) atoms. The Morgan fingerprint density at radius 3 is 1.87 bits per heavy atom. The molecule has 256 valence electrons. The maximum absolute atomic E-state index is 15.4. The highest BCUT2D eigenvalue weighted by molar-refractivity contribution is 5.33. The first-order valence-corrected chi connectivity index (χ1v) is 17.3. The summed E-state index contributed by atoms with van der Waals surface area (Å²) in [5.41, 5.74) is 0.490. The molecule has 3 aliphatic carbocycles. The summed E-state index contributed by atoms with van der Waals surface area (Å²) in [5.74, 6) is -2.26. The van der Waals surface area contributed by atoms with Gasteiger partial charge in [-0.3, -0.25) is 0 Å². The summed E-state index contributed by atoms with van der Waals surface area (Å²) in [6, 6.07) is 6.02. The second-order valence-corrected chi connectivity index (χ2v) is 13.9. The van der Waals surface area contributed by atoms with Crippen LogP contribution in [-0.4, -0.2) is 12.7 Å². The topological polar surface area (TPSA) is 18.5 Å². The Morgan fingerprint density at radius 2 is 1.30 bits per heavy atom. The molecular formula is C37H47F7O2. The largest absolute Gasteiger partial charge is 0.429 e. The van der Waals surface area contributed by atoms with E-state index in [0.29, 0.717) is 24.3 Å². The van der Waals surface area contributed by atoms with E-state index in [0.717, 1.165) is 36.2 Å². The highest BCUT2D eigenvalue weighted by atomic mass is 19.3. The molecule has 0 N–H and O–H groups in total. The van der Waals surface area contributed by atoms with Gasteiger partial charge in [0.05, 0.1) is 11.7 Å². The summed E-state index contributed by atoms with van der Waals surface area (Å²) in [5, 5.41) is 0. The predicted octanol–water partition coefficient (Wildman–Crippen LogP) is 12.2. The third kappa shape index (κ3) is 8.78. The van der Waals surface area contributed by atoms with E-state index < -0.39 is 41.8 Å². The molecule has 0 bridgehead atoms. The highest BCUT2D eigenvalue weighted by Crippen LogP contribution is 2.46. The zero-order valence-corrected chi connectivity index (χ0v) is 26.7. The summed E-state index contributed by atoms with van der Waals surface area (Å²) in [7, 11) is 0. The Morgan fingerprint density at radius 1 is 0.717 bits per heavy atom. The van der Waals surface area contributed by atoms with Gasteiger partial charge >= 0.3 is 12.7 Å². The van der Waals surface area contributed by atoms with E-state index in [1.54, 1.807) is 6.07 Å². The van der Waals surface area contributed by atoms with E-state index in [9.17, 15) is 26.3 Å². The van der Waals surface area contributed by atoms with E-state index in [-0.39, 0.29) is 36.7 Å². The van der Waals surface area contributed by atoms with Crippen LogP contribution < -0.4 is 4.74 Å². The lowest BCUT2D eigenvalue weighted by molar-refractivity contribution is -0.277. The van der Waals surface area contributed by atoms with Crippen molar-refractivity contribution in [2.75, 3.05) is 0 Å². The number of unbranched alkanes of at least 4 members (excludes halogenated alkanes) is 2. The van der Waals surface area contributed by atoms with Crippen LogP contribution in [0.5, 0.6) is 5.75 Å². The summed E-state index contributed by atoms with van der Waals surface area (Å²) in [4.78, 5) is 0. The summed E-state index contributed by atoms with van der Waals surface area (Å²) < 4.78 is 106. The third-order valence-corrected chi connectivity index (χ3v) is 11.0. The summed E-state index contributed by atoms with van der Waals surface area (Å²) >= 11 is 0. The normalized spacial score (nSPS) is 27.6. The second kappa shape index (κ2) is 15.7. The van der Waals surface area contributed by atoms with Gasteiger partial charge in [0.2, 0.25) is 0 Å². The van der Waals surface area contributed by atoms with Crippen molar-refractivity contribution in [2.24, 2.45) is 17.8 Å². The molecular weight excluding hydrogens is 609 g/mol. The van der Waals surface area contributed by atoms with Gasteiger partial charge in [-0.05, 0) is 123 Å². The van der Waals surface area contributed by atoms with Gasteiger partial charge in [-0.25, -0.2) is 13.2 Å². The minimum absolute atomic E-state index is 0.143. The van der Waals surface area contributed by atoms with E-state index in [1.807, 2.05) is 12.1 Å². The summed E-state index contributed by atoms with van der Waals surface area (Å²) in [6.07, 6.45) is 11.8. The van der Waals surface area contributed by atoms with Gasteiger partial charge in [0.15, 0.2) is 17.4 Å². The fourth-order valence-corrected chi connectivity index (χ4v) is 8.38. The molecule has 2 nitrogen and oxygen atoms in total. The zero-order chi connectivity index (χ0) is 32.8. The molecule has 9 heteroatoms. The Balaban J connectivity index is 1.09. The second-order valence-electron chi connectivity index (χ2n) is 13.9. The zero-order valence-electron chi connectivity index (χ0n) is 26.7. The van der Waals surface area contributed by atoms with Crippen LogP contribution in [0.15, 0.2) is 30.3 Å². The van der Waals surface area contributed by atoms with Gasteiger partial charge in [0.1, 0.15) is 5.82 Å². The fraction of sp³-hybridized carbons (Fsp3) is 0.676. The monoisotopic (exact) mass is 656 g/mol. The van der Waals surface area contributed by atoms with Crippen LogP contribution in [0.3, 0.4) is 0 Å². The number of benzene rings is 2. The van der Waals surface area contributed by atoms with Crippen molar-refractivity contribution < 1.29 is 40.2 Å². The molecule has 3 saturated carbocycles. The molecule has 0 unspecified atom stereocenters. The van der Waals surface area contributed by atoms with Crippen LogP contribution in [-0.2, 0) is 10.8 Å². The minimum atomic E-state index is -4.05. The molecule has 2 aromatic carbocycles. The molecule has 0 aliphatic heterocycles. The number of hydrogen-bond donors (Lipinski definition) is 0. The van der Waals surface area contributed by atoms with Gasteiger partial charge in [0.25, 0.3) is 0 Å². The average Bonchev–Trinajstić information content (AvgIpc) is 3.03. The first-order valence-electron chi connectivity index (χ1n) is 17.3. The van der Waals surface area contributed by atoms with Crippen molar-refractivity contribution in [1.29, 1.82) is 0 Å². The number of hydrogen-bond acceptors (Lipinski definition) is 2. The predicted molar refractivity (Wildman–Crippen MR) is 164 cm³/mol. The molecule has 0 spiro atoms. The molecule has 5 rings (SSSR count). The lowest BCUT2D eigenvalue weighted by Gasteiger charge is -2.38. The standard InChI is InChI=1S/C37H47F7O2/c1-2-3-4-5-23-6-8-24(9-7-23)25-10-12-26(13-11-25)28-16-19-31(32(38)20-28)27-14-17-30(18-15-27)46-37(43,44)29-21-33(39)35(34(40)22-29)45-36(41)42/h16,19-27,30,36H,2-15,17-18H2,1H3. The average molecular weight is 657 g/mol. The fourth-order valence-electron chi connectivity index (χ4n) is 8.38. The Hall–Kier alpha value is -2.29. The van der Waals surface area contributed by atoms with Crippen LogP contribution in [0.25, 0.3) is 0 Å². The van der Waals surface area contributed by atoms with Crippen LogP contribution in [0.4, 0.5) is 30.7 Å². The molecule has 0 saturated heterocycles. The number of alkyl halides is 4. The van der Waals surface area contributed by atoms with Gasteiger partial charge in [-0.15, -0.1) is 0 Å². The lowest BCUT2D eigenvalue weighted by atomic mass is 9.68. The molecule has 3 fully saturated rings. The third-order valence-electron chi connectivity index (χ3n) is 11.0. The van der Waals surface area contributed by atoms with Crippen LogP contribution >= 0.6 is 0 Å². The van der Waals surface area contributed by atoms with Gasteiger partial charge in [-0.2, -0.15) is 17.6 Å². The van der Waals surface area contributed by atoms with Gasteiger partial charge in [-0.1, -0.05) is 57.6 Å². The van der Waals surface area contributed by atoms with E-state index >= 15 is 4.39 Å². The minimum Gasteiger partial charge on any atom is -0.429 e. The van der Waals surface area contributed by atoms with Crippen molar-refractivity contribution in [3.63, 3.8) is 0 Å². The van der Waals surface area contributed by atoms with Gasteiger partial charge < -0.3 is 9.47 Å². The molecule has 0 amide bonds. The molecule has 0 aromatic heterocycles. The lowest BCUT2D eigenvalue weighted by Crippen LogP contribution is -2.29. The van der Waals surface area contributed by atoms with E-state index in [1.165, 1.54) is 64.2 Å². The van der Waals surface area contributed by atoms with Crippen molar-refractivity contribution in [2.45, 2.75) is 140 Å².